The standard InChI is InChI=1S/C20H40N4O2.HI/c1-4-5-6-7-8-17(2)23-20(21-3)22-15-19(18-9-12-26-16-18)24-10-13-25-14-11-24;/h17-19H,4-16H2,1-3H3,(H2,21,22,23);1H. The molecule has 0 radical (unpaired) electrons. The van der Waals surface area contributed by atoms with Crippen LogP contribution >= 0.6 is 24.0 Å². The number of morpholine rings is 1. The van der Waals surface area contributed by atoms with E-state index in [0.29, 0.717) is 18.0 Å². The van der Waals surface area contributed by atoms with Gasteiger partial charge in [0.2, 0.25) is 0 Å². The molecular weight excluding hydrogens is 455 g/mol. The van der Waals surface area contributed by atoms with E-state index >= 15 is 0 Å². The first-order valence-electron chi connectivity index (χ1n) is 10.6. The molecule has 0 saturated carbocycles. The molecule has 0 amide bonds. The van der Waals surface area contributed by atoms with Crippen molar-refractivity contribution in [2.75, 3.05) is 53.1 Å². The van der Waals surface area contributed by atoms with Crippen LogP contribution in [0, 0.1) is 5.92 Å². The normalized spacial score (nSPS) is 23.5. The second-order valence-electron chi connectivity index (χ2n) is 7.69. The molecule has 0 aromatic rings. The minimum absolute atomic E-state index is 0. The van der Waals surface area contributed by atoms with Gasteiger partial charge in [-0.3, -0.25) is 9.89 Å². The molecule has 2 aliphatic heterocycles. The summed E-state index contributed by atoms with van der Waals surface area (Å²) in [6.45, 7) is 10.9. The lowest BCUT2D eigenvalue weighted by molar-refractivity contribution is 0.00246. The third-order valence-corrected chi connectivity index (χ3v) is 5.60. The monoisotopic (exact) mass is 496 g/mol. The summed E-state index contributed by atoms with van der Waals surface area (Å²) < 4.78 is 11.2. The summed E-state index contributed by atoms with van der Waals surface area (Å²) in [5.41, 5.74) is 0. The second-order valence-corrected chi connectivity index (χ2v) is 7.69. The van der Waals surface area contributed by atoms with Crippen LogP contribution in [0.5, 0.6) is 0 Å². The van der Waals surface area contributed by atoms with Gasteiger partial charge in [0.25, 0.3) is 0 Å². The summed E-state index contributed by atoms with van der Waals surface area (Å²) in [5, 5.41) is 7.13. The maximum Gasteiger partial charge on any atom is 0.191 e. The highest BCUT2D eigenvalue weighted by Gasteiger charge is 2.31. The Morgan fingerprint density at radius 3 is 2.56 bits per heavy atom. The van der Waals surface area contributed by atoms with Gasteiger partial charge in [0.1, 0.15) is 0 Å². The van der Waals surface area contributed by atoms with Crippen molar-refractivity contribution in [1.82, 2.24) is 15.5 Å². The molecule has 2 fully saturated rings. The molecule has 3 atom stereocenters. The van der Waals surface area contributed by atoms with Crippen molar-refractivity contribution in [1.29, 1.82) is 0 Å². The molecule has 160 valence electrons. The summed E-state index contributed by atoms with van der Waals surface area (Å²) in [6, 6.07) is 0.939. The topological polar surface area (TPSA) is 58.1 Å². The Morgan fingerprint density at radius 1 is 1.15 bits per heavy atom. The summed E-state index contributed by atoms with van der Waals surface area (Å²) in [4.78, 5) is 7.00. The Hall–Kier alpha value is -0.120. The number of nitrogens with zero attached hydrogens (tertiary/aromatic N) is 2. The lowest BCUT2D eigenvalue weighted by atomic mass is 9.97. The molecule has 0 aliphatic carbocycles. The van der Waals surface area contributed by atoms with Crippen LogP contribution in [0.2, 0.25) is 0 Å². The number of guanidine groups is 1. The Labute approximate surface area is 183 Å². The smallest absolute Gasteiger partial charge is 0.191 e. The molecule has 3 unspecified atom stereocenters. The number of halogens is 1. The van der Waals surface area contributed by atoms with Crippen molar-refractivity contribution < 1.29 is 9.47 Å². The third kappa shape index (κ3) is 9.28. The van der Waals surface area contributed by atoms with Gasteiger partial charge < -0.3 is 20.1 Å². The van der Waals surface area contributed by atoms with Crippen LogP contribution in [-0.2, 0) is 9.47 Å². The molecule has 27 heavy (non-hydrogen) atoms. The number of nitrogens with one attached hydrogen (secondary N) is 2. The fourth-order valence-electron chi connectivity index (χ4n) is 3.94. The van der Waals surface area contributed by atoms with Crippen LogP contribution in [0.25, 0.3) is 0 Å². The molecule has 6 nitrogen and oxygen atoms in total. The molecule has 0 bridgehead atoms. The first-order valence-corrected chi connectivity index (χ1v) is 10.6. The largest absolute Gasteiger partial charge is 0.381 e. The van der Waals surface area contributed by atoms with Gasteiger partial charge in [0, 0.05) is 51.3 Å². The maximum atomic E-state index is 5.66. The zero-order valence-electron chi connectivity index (χ0n) is 17.5. The third-order valence-electron chi connectivity index (χ3n) is 5.60. The Balaban J connectivity index is 0.00000364. The van der Waals surface area contributed by atoms with E-state index in [0.717, 1.165) is 58.4 Å². The predicted molar refractivity (Wildman–Crippen MR) is 123 cm³/mol. The number of unbranched alkanes of at least 4 members (excludes halogenated alkanes) is 3. The highest BCUT2D eigenvalue weighted by molar-refractivity contribution is 14.0. The molecule has 0 aromatic carbocycles. The molecule has 0 aromatic heterocycles. The zero-order valence-corrected chi connectivity index (χ0v) is 19.9. The number of hydrogen-bond donors (Lipinski definition) is 2. The van der Waals surface area contributed by atoms with Crippen molar-refractivity contribution in [3.05, 3.63) is 0 Å². The van der Waals surface area contributed by atoms with Crippen LogP contribution in [0.1, 0.15) is 52.4 Å². The van der Waals surface area contributed by atoms with Crippen molar-refractivity contribution in [2.24, 2.45) is 10.9 Å². The lowest BCUT2D eigenvalue weighted by Gasteiger charge is -2.37. The van der Waals surface area contributed by atoms with E-state index in [1.54, 1.807) is 0 Å². The van der Waals surface area contributed by atoms with Crippen molar-refractivity contribution in [3.63, 3.8) is 0 Å². The first-order chi connectivity index (χ1) is 12.7. The van der Waals surface area contributed by atoms with Crippen LogP contribution in [-0.4, -0.2) is 76.1 Å². The van der Waals surface area contributed by atoms with Gasteiger partial charge in [-0.15, -0.1) is 24.0 Å². The van der Waals surface area contributed by atoms with E-state index in [4.69, 9.17) is 9.47 Å². The lowest BCUT2D eigenvalue weighted by Crippen LogP contribution is -2.54. The van der Waals surface area contributed by atoms with Gasteiger partial charge in [-0.25, -0.2) is 0 Å². The van der Waals surface area contributed by atoms with E-state index in [9.17, 15) is 0 Å². The molecule has 2 N–H and O–H groups in total. The highest BCUT2D eigenvalue weighted by Crippen LogP contribution is 2.21. The maximum absolute atomic E-state index is 5.66. The Kier molecular flexibility index (Phi) is 13.7. The average Bonchev–Trinajstić information content (AvgIpc) is 3.20. The van der Waals surface area contributed by atoms with E-state index in [2.05, 4.69) is 34.4 Å². The summed E-state index contributed by atoms with van der Waals surface area (Å²) in [6.07, 6.45) is 7.60. The van der Waals surface area contributed by atoms with Gasteiger partial charge >= 0.3 is 0 Å². The SMILES string of the molecule is CCCCCCC(C)NC(=NC)NCC(C1CCOC1)N1CCOCC1.I. The molecule has 2 aliphatic rings. The quantitative estimate of drug-likeness (QED) is 0.211. The summed E-state index contributed by atoms with van der Waals surface area (Å²) in [5.74, 6) is 1.52. The molecule has 0 spiro atoms. The van der Waals surface area contributed by atoms with Crippen molar-refractivity contribution in [2.45, 2.75) is 64.5 Å². The number of rotatable bonds is 10. The Morgan fingerprint density at radius 2 is 1.93 bits per heavy atom. The van der Waals surface area contributed by atoms with Crippen LogP contribution in [0.15, 0.2) is 4.99 Å². The first kappa shape index (κ1) is 24.9. The van der Waals surface area contributed by atoms with Gasteiger partial charge in [-0.05, 0) is 19.8 Å². The highest BCUT2D eigenvalue weighted by atomic mass is 127. The summed E-state index contributed by atoms with van der Waals surface area (Å²) in [7, 11) is 1.86. The minimum atomic E-state index is 0. The summed E-state index contributed by atoms with van der Waals surface area (Å²) >= 11 is 0. The fraction of sp³-hybridized carbons (Fsp3) is 0.950. The van der Waals surface area contributed by atoms with Crippen LogP contribution in [0.3, 0.4) is 0 Å². The number of ether oxygens (including phenoxy) is 2. The fourth-order valence-corrected chi connectivity index (χ4v) is 3.94. The van der Waals surface area contributed by atoms with E-state index in [1.807, 2.05) is 7.05 Å². The van der Waals surface area contributed by atoms with Gasteiger partial charge in [-0.1, -0.05) is 32.6 Å². The van der Waals surface area contributed by atoms with E-state index < -0.39 is 0 Å². The van der Waals surface area contributed by atoms with E-state index in [1.165, 1.54) is 32.1 Å². The minimum Gasteiger partial charge on any atom is -0.381 e. The van der Waals surface area contributed by atoms with Crippen LogP contribution < -0.4 is 10.6 Å². The van der Waals surface area contributed by atoms with Crippen molar-refractivity contribution >= 4 is 29.9 Å². The molecule has 7 heteroatoms. The van der Waals surface area contributed by atoms with Crippen molar-refractivity contribution in [3.8, 4) is 0 Å². The number of aliphatic imine (C=N–C) groups is 1. The predicted octanol–water partition coefficient (Wildman–Crippen LogP) is 2.87. The van der Waals surface area contributed by atoms with Gasteiger partial charge in [0.15, 0.2) is 5.96 Å². The van der Waals surface area contributed by atoms with E-state index in [-0.39, 0.29) is 24.0 Å². The van der Waals surface area contributed by atoms with Gasteiger partial charge in [-0.2, -0.15) is 0 Å². The second kappa shape index (κ2) is 14.8. The molecule has 2 rings (SSSR count). The van der Waals surface area contributed by atoms with Crippen LogP contribution in [0.4, 0.5) is 0 Å². The molecular formula is C20H41IN4O2. The number of hydrogen-bond acceptors (Lipinski definition) is 4. The average molecular weight is 496 g/mol. The van der Waals surface area contributed by atoms with Gasteiger partial charge in [0.05, 0.1) is 19.8 Å². The Bertz CT molecular complexity index is 399. The molecule has 2 heterocycles. The zero-order chi connectivity index (χ0) is 18.6. The molecule has 2 saturated heterocycles.